The fraction of sp³-hybridized carbons (Fsp3) is 0.143. The van der Waals surface area contributed by atoms with E-state index < -0.39 is 5.82 Å². The lowest BCUT2D eigenvalue weighted by molar-refractivity contribution is 0.112. The number of methoxy groups -OCH3 is 2. The van der Waals surface area contributed by atoms with E-state index in [1.54, 1.807) is 26.4 Å². The SMILES string of the molecule is COc1ccc(CNc2ncnc3c2c(C=O)nn3-c2ccc(F)c(OCc3ccccc3)c2)c(OC)c1. The van der Waals surface area contributed by atoms with E-state index in [0.29, 0.717) is 46.9 Å². The zero-order chi connectivity index (χ0) is 26.5. The number of ether oxygens (including phenoxy) is 3. The Bertz CT molecular complexity index is 1590. The molecule has 0 amide bonds. The predicted octanol–water partition coefficient (Wildman–Crippen LogP) is 4.98. The molecule has 2 heterocycles. The zero-order valence-corrected chi connectivity index (χ0v) is 20.7. The Kier molecular flexibility index (Phi) is 7.12. The van der Waals surface area contributed by atoms with Crippen LogP contribution in [-0.4, -0.2) is 40.3 Å². The molecule has 9 nitrogen and oxygen atoms in total. The summed E-state index contributed by atoms with van der Waals surface area (Å²) in [6.45, 7) is 0.558. The van der Waals surface area contributed by atoms with Crippen LogP contribution in [0, 0.1) is 5.82 Å². The highest BCUT2D eigenvalue weighted by Gasteiger charge is 2.19. The first-order valence-corrected chi connectivity index (χ1v) is 11.7. The number of aldehydes is 1. The Morgan fingerprint density at radius 1 is 0.974 bits per heavy atom. The normalized spacial score (nSPS) is 10.8. The van der Waals surface area contributed by atoms with E-state index in [2.05, 4.69) is 20.4 Å². The van der Waals surface area contributed by atoms with Crippen LogP contribution in [0.5, 0.6) is 17.2 Å². The van der Waals surface area contributed by atoms with Crippen LogP contribution in [0.4, 0.5) is 10.2 Å². The number of hydrogen-bond acceptors (Lipinski definition) is 8. The van der Waals surface area contributed by atoms with Crippen LogP contribution >= 0.6 is 0 Å². The first-order valence-electron chi connectivity index (χ1n) is 11.7. The quantitative estimate of drug-likeness (QED) is 0.261. The van der Waals surface area contributed by atoms with E-state index in [1.807, 2.05) is 42.5 Å². The fourth-order valence-electron chi connectivity index (χ4n) is 4.02. The number of benzene rings is 3. The van der Waals surface area contributed by atoms with Gasteiger partial charge in [0.2, 0.25) is 0 Å². The highest BCUT2D eigenvalue weighted by Crippen LogP contribution is 2.30. The van der Waals surface area contributed by atoms with Crippen molar-refractivity contribution in [3.05, 3.63) is 95.7 Å². The Morgan fingerprint density at radius 2 is 1.82 bits per heavy atom. The number of hydrogen-bond donors (Lipinski definition) is 1. The highest BCUT2D eigenvalue weighted by molar-refractivity contribution is 6.00. The van der Waals surface area contributed by atoms with Gasteiger partial charge in [0.05, 0.1) is 25.3 Å². The van der Waals surface area contributed by atoms with Gasteiger partial charge in [0.15, 0.2) is 23.5 Å². The molecule has 0 spiro atoms. The van der Waals surface area contributed by atoms with Gasteiger partial charge in [-0.1, -0.05) is 30.3 Å². The molecule has 10 heteroatoms. The molecular formula is C28H24FN5O4. The van der Waals surface area contributed by atoms with Crippen LogP contribution in [0.3, 0.4) is 0 Å². The molecule has 0 aliphatic carbocycles. The zero-order valence-electron chi connectivity index (χ0n) is 20.7. The van der Waals surface area contributed by atoms with Crippen molar-refractivity contribution in [1.82, 2.24) is 19.7 Å². The van der Waals surface area contributed by atoms with Gasteiger partial charge in [0, 0.05) is 24.2 Å². The molecule has 5 aromatic rings. The van der Waals surface area contributed by atoms with Gasteiger partial charge in [0.1, 0.15) is 35.9 Å². The van der Waals surface area contributed by atoms with Crippen LogP contribution < -0.4 is 19.5 Å². The summed E-state index contributed by atoms with van der Waals surface area (Å²) in [6.07, 6.45) is 2.01. The number of rotatable bonds is 10. The van der Waals surface area contributed by atoms with Crippen LogP contribution in [0.25, 0.3) is 16.7 Å². The molecule has 192 valence electrons. The summed E-state index contributed by atoms with van der Waals surface area (Å²) in [5, 5.41) is 8.11. The number of fused-ring (bicyclic) bond motifs is 1. The number of halogens is 1. The van der Waals surface area contributed by atoms with Crippen molar-refractivity contribution >= 4 is 23.1 Å². The van der Waals surface area contributed by atoms with Gasteiger partial charge in [-0.25, -0.2) is 19.0 Å². The van der Waals surface area contributed by atoms with Gasteiger partial charge in [-0.2, -0.15) is 5.10 Å². The maximum absolute atomic E-state index is 14.5. The minimum atomic E-state index is -0.512. The van der Waals surface area contributed by atoms with Crippen LogP contribution in [-0.2, 0) is 13.2 Å². The van der Waals surface area contributed by atoms with Gasteiger partial charge in [-0.15, -0.1) is 0 Å². The summed E-state index contributed by atoms with van der Waals surface area (Å²) in [4.78, 5) is 20.7. The summed E-state index contributed by atoms with van der Waals surface area (Å²) in [7, 11) is 3.17. The number of carbonyl (C=O) groups is 1. The third-order valence-electron chi connectivity index (χ3n) is 5.94. The molecule has 0 unspecified atom stereocenters. The van der Waals surface area contributed by atoms with E-state index in [1.165, 1.54) is 23.1 Å². The van der Waals surface area contributed by atoms with E-state index in [-0.39, 0.29) is 18.1 Å². The molecule has 3 aromatic carbocycles. The van der Waals surface area contributed by atoms with E-state index >= 15 is 0 Å². The molecule has 2 aromatic heterocycles. The lowest BCUT2D eigenvalue weighted by Crippen LogP contribution is -2.05. The summed E-state index contributed by atoms with van der Waals surface area (Å²) < 4.78 is 32.5. The Hall–Kier alpha value is -4.99. The third-order valence-corrected chi connectivity index (χ3v) is 5.94. The molecule has 5 rings (SSSR count). The molecule has 38 heavy (non-hydrogen) atoms. The lowest BCUT2D eigenvalue weighted by atomic mass is 10.2. The number of nitrogens with zero attached hydrogens (tertiary/aromatic N) is 4. The topological polar surface area (TPSA) is 100 Å². The van der Waals surface area contributed by atoms with E-state index in [9.17, 15) is 9.18 Å². The first kappa shape index (κ1) is 24.7. The van der Waals surface area contributed by atoms with Gasteiger partial charge in [-0.3, -0.25) is 4.79 Å². The average Bonchev–Trinajstić information content (AvgIpc) is 3.35. The molecule has 0 fully saturated rings. The standard InChI is InChI=1S/C28H24FN5O4/c1-36-21-10-8-19(24(13-21)37-2)14-30-27-26-23(15-35)33-34(28(26)32-17-31-27)20-9-11-22(29)25(12-20)38-16-18-6-4-3-5-7-18/h3-13,15,17H,14,16H2,1-2H3,(H,30,31,32). The average molecular weight is 514 g/mol. The third kappa shape index (κ3) is 4.96. The van der Waals surface area contributed by atoms with Crippen molar-refractivity contribution in [2.24, 2.45) is 0 Å². The van der Waals surface area contributed by atoms with Crippen LogP contribution in [0.1, 0.15) is 21.6 Å². The molecule has 0 aliphatic heterocycles. The van der Waals surface area contributed by atoms with Gasteiger partial charge in [0.25, 0.3) is 0 Å². The smallest absolute Gasteiger partial charge is 0.171 e. The van der Waals surface area contributed by atoms with Crippen LogP contribution in [0.15, 0.2) is 73.1 Å². The summed E-state index contributed by atoms with van der Waals surface area (Å²) >= 11 is 0. The Balaban J connectivity index is 1.46. The molecular weight excluding hydrogens is 489 g/mol. The van der Waals surface area contributed by atoms with Gasteiger partial charge < -0.3 is 19.5 Å². The number of anilines is 1. The summed E-state index contributed by atoms with van der Waals surface area (Å²) in [5.41, 5.74) is 2.77. The monoisotopic (exact) mass is 513 g/mol. The van der Waals surface area contributed by atoms with Crippen molar-refractivity contribution in [2.45, 2.75) is 13.2 Å². The lowest BCUT2D eigenvalue weighted by Gasteiger charge is -2.12. The Labute approximate surface area is 217 Å². The minimum absolute atomic E-state index is 0.0571. The molecule has 0 radical (unpaired) electrons. The van der Waals surface area contributed by atoms with E-state index in [0.717, 1.165) is 11.1 Å². The van der Waals surface area contributed by atoms with Crippen LogP contribution in [0.2, 0.25) is 0 Å². The van der Waals surface area contributed by atoms with Crippen molar-refractivity contribution in [3.8, 4) is 22.9 Å². The van der Waals surface area contributed by atoms with Gasteiger partial charge in [-0.05, 0) is 29.8 Å². The maximum atomic E-state index is 14.5. The molecule has 1 N–H and O–H groups in total. The Morgan fingerprint density at radius 3 is 2.58 bits per heavy atom. The number of aromatic nitrogens is 4. The molecule has 0 saturated carbocycles. The highest BCUT2D eigenvalue weighted by atomic mass is 19.1. The van der Waals surface area contributed by atoms with Crippen molar-refractivity contribution in [1.29, 1.82) is 0 Å². The number of nitrogens with one attached hydrogen (secondary N) is 1. The van der Waals surface area contributed by atoms with E-state index in [4.69, 9.17) is 14.2 Å². The predicted molar refractivity (Wildman–Crippen MR) is 140 cm³/mol. The minimum Gasteiger partial charge on any atom is -0.497 e. The molecule has 0 aliphatic rings. The maximum Gasteiger partial charge on any atom is 0.171 e. The fourth-order valence-corrected chi connectivity index (χ4v) is 4.02. The molecule has 0 bridgehead atoms. The summed E-state index contributed by atoms with van der Waals surface area (Å²) in [6, 6.07) is 19.3. The summed E-state index contributed by atoms with van der Waals surface area (Å²) in [5.74, 6) is 1.28. The van der Waals surface area contributed by atoms with Crippen molar-refractivity contribution < 1.29 is 23.4 Å². The molecule has 0 saturated heterocycles. The van der Waals surface area contributed by atoms with Gasteiger partial charge >= 0.3 is 0 Å². The second-order valence-electron chi connectivity index (χ2n) is 8.26. The van der Waals surface area contributed by atoms with Crippen molar-refractivity contribution in [2.75, 3.05) is 19.5 Å². The molecule has 0 atom stereocenters. The first-order chi connectivity index (χ1) is 18.6. The second kappa shape index (κ2) is 11.0. The van der Waals surface area contributed by atoms with Crippen molar-refractivity contribution in [3.63, 3.8) is 0 Å². The second-order valence-corrected chi connectivity index (χ2v) is 8.26. The largest absolute Gasteiger partial charge is 0.497 e. The number of carbonyl (C=O) groups excluding carboxylic acids is 1.